The number of alkyl halides is 2. The molecule has 1 aromatic carbocycles. The van der Waals surface area contributed by atoms with Crippen LogP contribution in [-0.2, 0) is 14.4 Å². The molecule has 0 N–H and O–H groups in total. The first kappa shape index (κ1) is 20.1. The molecule has 1 aliphatic heterocycles. The van der Waals surface area contributed by atoms with Crippen molar-refractivity contribution in [3.8, 4) is 5.75 Å². The summed E-state index contributed by atoms with van der Waals surface area (Å²) in [6.45, 7) is 2.08. The van der Waals surface area contributed by atoms with E-state index in [-0.39, 0.29) is 51.1 Å². The van der Waals surface area contributed by atoms with Crippen LogP contribution in [-0.4, -0.2) is 27.4 Å². The number of hydrogen-bond donors (Lipinski definition) is 0. The molecule has 1 heterocycles. The van der Waals surface area contributed by atoms with Crippen molar-refractivity contribution in [2.45, 2.75) is 48.7 Å². The normalized spacial score (nSPS) is 33.5. The molecule has 4 rings (SSSR count). The number of halogens is 2. The van der Waals surface area contributed by atoms with Gasteiger partial charge in [-0.3, -0.25) is 19.3 Å². The Labute approximate surface area is 181 Å². The van der Waals surface area contributed by atoms with Gasteiger partial charge in [0.05, 0.1) is 17.5 Å². The van der Waals surface area contributed by atoms with Crippen molar-refractivity contribution in [1.82, 2.24) is 0 Å². The second kappa shape index (κ2) is 7.90. The van der Waals surface area contributed by atoms with Gasteiger partial charge in [-0.1, -0.05) is 51.6 Å². The zero-order chi connectivity index (χ0) is 20.0. The molecular formula is C21H23Br2NO4. The largest absolute Gasteiger partial charge is 0.427 e. The van der Waals surface area contributed by atoms with E-state index in [1.807, 2.05) is 0 Å². The van der Waals surface area contributed by atoms with E-state index in [0.717, 1.165) is 25.7 Å². The summed E-state index contributed by atoms with van der Waals surface area (Å²) in [5.41, 5.74) is 0.548. The highest BCUT2D eigenvalue weighted by atomic mass is 79.9. The van der Waals surface area contributed by atoms with Gasteiger partial charge in [0.2, 0.25) is 11.8 Å². The number of carbonyl (C=O) groups excluding carboxylic acids is 3. The van der Waals surface area contributed by atoms with Gasteiger partial charge < -0.3 is 4.74 Å². The molecule has 0 spiro atoms. The average molecular weight is 513 g/mol. The summed E-state index contributed by atoms with van der Waals surface area (Å²) >= 11 is 7.40. The summed E-state index contributed by atoms with van der Waals surface area (Å²) in [6.07, 6.45) is 4.18. The maximum Gasteiger partial charge on any atom is 0.311 e. The second-order valence-corrected chi connectivity index (χ2v) is 10.1. The maximum absolute atomic E-state index is 13.0. The number of unbranched alkanes of at least 4 members (excludes halogenated alkanes) is 2. The van der Waals surface area contributed by atoms with Gasteiger partial charge in [-0.15, -0.1) is 0 Å². The Kier molecular flexibility index (Phi) is 5.67. The van der Waals surface area contributed by atoms with Gasteiger partial charge in [-0.05, 0) is 48.9 Å². The SMILES string of the molecule is CCCCCC(=O)Oc1ccc(N2C(=O)[C@H]3[C@@H]4C[C@@H]([C@H](Br)[C@@H]4Br)[C@@H]3C2=O)cc1. The van der Waals surface area contributed by atoms with E-state index in [9.17, 15) is 14.4 Å². The fraction of sp³-hybridized carbons (Fsp3) is 0.571. The lowest BCUT2D eigenvalue weighted by molar-refractivity contribution is -0.134. The predicted octanol–water partition coefficient (Wildman–Crippen LogP) is 4.45. The van der Waals surface area contributed by atoms with Gasteiger partial charge in [0.1, 0.15) is 5.75 Å². The molecule has 150 valence electrons. The molecule has 1 saturated heterocycles. The number of hydrogen-bond acceptors (Lipinski definition) is 4. The molecule has 7 heteroatoms. The van der Waals surface area contributed by atoms with Crippen LogP contribution in [0.3, 0.4) is 0 Å². The van der Waals surface area contributed by atoms with Crippen molar-refractivity contribution in [1.29, 1.82) is 0 Å². The molecular weight excluding hydrogens is 490 g/mol. The molecule has 0 unspecified atom stereocenters. The number of amides is 2. The quantitative estimate of drug-likeness (QED) is 0.186. The molecule has 3 fully saturated rings. The van der Waals surface area contributed by atoms with E-state index in [1.165, 1.54) is 4.90 Å². The van der Waals surface area contributed by atoms with Gasteiger partial charge in [-0.25, -0.2) is 0 Å². The molecule has 28 heavy (non-hydrogen) atoms. The van der Waals surface area contributed by atoms with Gasteiger partial charge in [0.25, 0.3) is 0 Å². The van der Waals surface area contributed by atoms with Gasteiger partial charge in [0.15, 0.2) is 0 Å². The zero-order valence-corrected chi connectivity index (χ0v) is 18.8. The summed E-state index contributed by atoms with van der Waals surface area (Å²) in [5.74, 6) is -0.0869. The van der Waals surface area contributed by atoms with E-state index in [2.05, 4.69) is 38.8 Å². The Morgan fingerprint density at radius 2 is 1.61 bits per heavy atom. The van der Waals surface area contributed by atoms with Crippen molar-refractivity contribution in [3.05, 3.63) is 24.3 Å². The first-order valence-electron chi connectivity index (χ1n) is 9.90. The molecule has 0 aromatic heterocycles. The number of esters is 1. The lowest BCUT2D eigenvalue weighted by Crippen LogP contribution is -2.37. The molecule has 0 radical (unpaired) electrons. The van der Waals surface area contributed by atoms with E-state index in [4.69, 9.17) is 4.74 Å². The minimum Gasteiger partial charge on any atom is -0.427 e. The number of anilines is 1. The van der Waals surface area contributed by atoms with Crippen LogP contribution in [0, 0.1) is 23.7 Å². The Morgan fingerprint density at radius 1 is 1.04 bits per heavy atom. The van der Waals surface area contributed by atoms with Gasteiger partial charge in [0, 0.05) is 16.1 Å². The van der Waals surface area contributed by atoms with Crippen LogP contribution in [0.15, 0.2) is 24.3 Å². The number of nitrogens with zero attached hydrogens (tertiary/aromatic N) is 1. The molecule has 2 aliphatic carbocycles. The fourth-order valence-electron chi connectivity index (χ4n) is 4.97. The Hall–Kier alpha value is -1.21. The molecule has 1 aromatic rings. The number of fused-ring (bicyclic) bond motifs is 5. The topological polar surface area (TPSA) is 63.7 Å². The van der Waals surface area contributed by atoms with Crippen LogP contribution < -0.4 is 9.64 Å². The van der Waals surface area contributed by atoms with E-state index < -0.39 is 0 Å². The summed E-state index contributed by atoms with van der Waals surface area (Å²) in [4.78, 5) is 39.7. The lowest BCUT2D eigenvalue weighted by atomic mass is 9.81. The molecule has 5 nitrogen and oxygen atoms in total. The maximum atomic E-state index is 13.0. The lowest BCUT2D eigenvalue weighted by Gasteiger charge is -2.28. The number of benzene rings is 1. The van der Waals surface area contributed by atoms with Crippen molar-refractivity contribution in [2.24, 2.45) is 23.7 Å². The van der Waals surface area contributed by atoms with E-state index >= 15 is 0 Å². The molecule has 6 atom stereocenters. The summed E-state index contributed by atoms with van der Waals surface area (Å²) in [6, 6.07) is 6.67. The number of imide groups is 1. The Bertz CT molecular complexity index is 764. The van der Waals surface area contributed by atoms with Crippen LogP contribution in [0.4, 0.5) is 5.69 Å². The smallest absolute Gasteiger partial charge is 0.311 e. The molecule has 2 saturated carbocycles. The highest BCUT2D eigenvalue weighted by Crippen LogP contribution is 2.60. The molecule has 3 aliphatic rings. The number of carbonyl (C=O) groups is 3. The van der Waals surface area contributed by atoms with E-state index in [1.54, 1.807) is 24.3 Å². The molecule has 2 amide bonds. The third-order valence-corrected chi connectivity index (χ3v) is 9.50. The summed E-state index contributed by atoms with van der Waals surface area (Å²) in [7, 11) is 0. The molecule has 2 bridgehead atoms. The average Bonchev–Trinajstić information content (AvgIpc) is 3.28. The van der Waals surface area contributed by atoms with Crippen molar-refractivity contribution < 1.29 is 19.1 Å². The van der Waals surface area contributed by atoms with Crippen molar-refractivity contribution >= 4 is 55.3 Å². The van der Waals surface area contributed by atoms with E-state index in [0.29, 0.717) is 17.9 Å². The Balaban J connectivity index is 1.46. The van der Waals surface area contributed by atoms with Crippen molar-refractivity contribution in [3.63, 3.8) is 0 Å². The standard InChI is InChI=1S/C21H23Br2NO4/c1-2-3-4-5-15(25)28-12-8-6-11(7-9-12)24-20(26)16-13-10-14(17(16)21(24)27)19(23)18(13)22/h6-9,13-14,16-19H,2-5,10H2,1H3/t13-,14+,16-,17-,18+,19-/m0/s1. The third-order valence-electron chi connectivity index (χ3n) is 6.30. The first-order chi connectivity index (χ1) is 13.4. The second-order valence-electron chi connectivity index (χ2n) is 7.94. The summed E-state index contributed by atoms with van der Waals surface area (Å²) < 4.78 is 5.34. The first-order valence-corrected chi connectivity index (χ1v) is 11.7. The zero-order valence-electron chi connectivity index (χ0n) is 15.6. The van der Waals surface area contributed by atoms with Crippen LogP contribution in [0.2, 0.25) is 0 Å². The number of ether oxygens (including phenoxy) is 1. The summed E-state index contributed by atoms with van der Waals surface area (Å²) in [5, 5.41) is 0. The van der Waals surface area contributed by atoms with Crippen LogP contribution in [0.25, 0.3) is 0 Å². The van der Waals surface area contributed by atoms with Crippen LogP contribution in [0.5, 0.6) is 5.75 Å². The van der Waals surface area contributed by atoms with Crippen LogP contribution >= 0.6 is 31.9 Å². The highest BCUT2D eigenvalue weighted by molar-refractivity contribution is 9.12. The van der Waals surface area contributed by atoms with Gasteiger partial charge in [-0.2, -0.15) is 0 Å². The third kappa shape index (κ3) is 3.24. The van der Waals surface area contributed by atoms with Crippen LogP contribution in [0.1, 0.15) is 39.0 Å². The number of rotatable bonds is 6. The monoisotopic (exact) mass is 511 g/mol. The minimum absolute atomic E-state index is 0.101. The van der Waals surface area contributed by atoms with Gasteiger partial charge >= 0.3 is 5.97 Å². The highest BCUT2D eigenvalue weighted by Gasteiger charge is 2.66. The fourth-order valence-corrected chi connectivity index (χ4v) is 6.84. The Morgan fingerprint density at radius 3 is 2.14 bits per heavy atom. The van der Waals surface area contributed by atoms with Crippen molar-refractivity contribution in [2.75, 3.05) is 4.90 Å². The predicted molar refractivity (Wildman–Crippen MR) is 113 cm³/mol. The minimum atomic E-state index is -0.257.